The Labute approximate surface area is 228 Å². The van der Waals surface area contributed by atoms with Gasteiger partial charge in [-0.2, -0.15) is 0 Å². The Kier molecular flexibility index (Phi) is 7.67. The Balaban J connectivity index is 1.38. The van der Waals surface area contributed by atoms with Gasteiger partial charge in [0.15, 0.2) is 11.5 Å². The lowest BCUT2D eigenvalue weighted by atomic mass is 10.0. The van der Waals surface area contributed by atoms with Gasteiger partial charge >= 0.3 is 0 Å². The zero-order valence-electron chi connectivity index (χ0n) is 20.4. The van der Waals surface area contributed by atoms with Crippen LogP contribution in [0.1, 0.15) is 23.6 Å². The highest BCUT2D eigenvalue weighted by Crippen LogP contribution is 2.40. The number of hydrogen-bond donors (Lipinski definition) is 0. The predicted molar refractivity (Wildman–Crippen MR) is 149 cm³/mol. The molecule has 0 spiro atoms. The van der Waals surface area contributed by atoms with Crippen molar-refractivity contribution in [3.05, 3.63) is 111 Å². The number of nitrogens with zero attached hydrogens (tertiary/aromatic N) is 1. The largest absolute Gasteiger partial charge is 0.490 e. The molecule has 0 bridgehead atoms. The number of carbonyl (C=O) groups excluding carboxylic acids is 2. The minimum absolute atomic E-state index is 0.101. The second-order valence-electron chi connectivity index (χ2n) is 8.59. The van der Waals surface area contributed by atoms with Crippen molar-refractivity contribution in [2.24, 2.45) is 0 Å². The molecule has 1 saturated heterocycles. The lowest BCUT2D eigenvalue weighted by molar-refractivity contribution is -0.123. The molecule has 192 valence electrons. The van der Waals surface area contributed by atoms with Crippen LogP contribution in [0, 0.1) is 5.82 Å². The molecule has 0 aromatic heterocycles. The highest BCUT2D eigenvalue weighted by molar-refractivity contribution is 8.18. The first kappa shape index (κ1) is 25.8. The molecule has 0 unspecified atom stereocenters. The summed E-state index contributed by atoms with van der Waals surface area (Å²) >= 11 is 7.42. The Morgan fingerprint density at radius 1 is 0.974 bits per heavy atom. The predicted octanol–water partition coefficient (Wildman–Crippen LogP) is 7.85. The molecular formula is C30H23ClFNO4S. The number of ether oxygens (including phenoxy) is 2. The molecule has 0 radical (unpaired) electrons. The molecule has 1 aliphatic heterocycles. The molecule has 0 saturated carbocycles. The van der Waals surface area contributed by atoms with Crippen LogP contribution in [0.25, 0.3) is 16.8 Å². The van der Waals surface area contributed by atoms with Gasteiger partial charge in [0.25, 0.3) is 11.1 Å². The highest BCUT2D eigenvalue weighted by Gasteiger charge is 2.35. The van der Waals surface area contributed by atoms with Gasteiger partial charge < -0.3 is 9.47 Å². The monoisotopic (exact) mass is 547 g/mol. The summed E-state index contributed by atoms with van der Waals surface area (Å²) in [5, 5.41) is 1.99. The molecule has 8 heteroatoms. The lowest BCUT2D eigenvalue weighted by Crippen LogP contribution is -2.27. The van der Waals surface area contributed by atoms with Gasteiger partial charge in [0, 0.05) is 0 Å². The molecule has 0 aliphatic carbocycles. The van der Waals surface area contributed by atoms with E-state index < -0.39 is 0 Å². The van der Waals surface area contributed by atoms with E-state index >= 15 is 0 Å². The molecule has 4 aromatic rings. The van der Waals surface area contributed by atoms with Crippen molar-refractivity contribution in [1.82, 2.24) is 4.90 Å². The van der Waals surface area contributed by atoms with Crippen LogP contribution in [0.15, 0.2) is 83.8 Å². The fourth-order valence-corrected chi connectivity index (χ4v) is 5.36. The summed E-state index contributed by atoms with van der Waals surface area (Å²) < 4.78 is 25.1. The zero-order valence-corrected chi connectivity index (χ0v) is 22.0. The second kappa shape index (κ2) is 11.3. The standard InChI is InChI=1S/C30H23ClFNO4S/c1-2-36-26-15-20(14-25(31)28(26)37-18-19-7-5-11-23(32)13-19)16-27-29(34)33(30(35)38-27)17-22-10-6-9-21-8-3-4-12-24(21)22/h3-16H,2,17-18H2,1H3/b27-16+. The molecule has 4 aromatic carbocycles. The van der Waals surface area contributed by atoms with Crippen LogP contribution >= 0.6 is 23.4 Å². The van der Waals surface area contributed by atoms with Crippen LogP contribution in [0.3, 0.4) is 0 Å². The average molecular weight is 548 g/mol. The van der Waals surface area contributed by atoms with Crippen LogP contribution in [0.4, 0.5) is 9.18 Å². The van der Waals surface area contributed by atoms with E-state index in [1.165, 1.54) is 17.0 Å². The van der Waals surface area contributed by atoms with E-state index in [-0.39, 0.29) is 35.1 Å². The van der Waals surface area contributed by atoms with E-state index in [0.717, 1.165) is 28.1 Å². The van der Waals surface area contributed by atoms with Crippen LogP contribution in [0.2, 0.25) is 5.02 Å². The number of imide groups is 1. The lowest BCUT2D eigenvalue weighted by Gasteiger charge is -2.15. The third kappa shape index (κ3) is 5.54. The quantitative estimate of drug-likeness (QED) is 0.210. The minimum Gasteiger partial charge on any atom is -0.490 e. The summed E-state index contributed by atoms with van der Waals surface area (Å²) in [4.78, 5) is 27.5. The Morgan fingerprint density at radius 2 is 1.76 bits per heavy atom. The molecule has 1 heterocycles. The third-order valence-electron chi connectivity index (χ3n) is 5.98. The summed E-state index contributed by atoms with van der Waals surface area (Å²) in [6.45, 7) is 2.47. The van der Waals surface area contributed by atoms with Gasteiger partial charge in [0.2, 0.25) is 0 Å². The topological polar surface area (TPSA) is 55.8 Å². The maximum Gasteiger partial charge on any atom is 0.293 e. The minimum atomic E-state index is -0.367. The number of thioether (sulfide) groups is 1. The smallest absolute Gasteiger partial charge is 0.293 e. The fourth-order valence-electron chi connectivity index (χ4n) is 4.24. The van der Waals surface area contributed by atoms with Gasteiger partial charge in [-0.3, -0.25) is 14.5 Å². The van der Waals surface area contributed by atoms with E-state index in [0.29, 0.717) is 34.1 Å². The second-order valence-corrected chi connectivity index (χ2v) is 9.99. The molecule has 1 fully saturated rings. The van der Waals surface area contributed by atoms with Crippen molar-refractivity contribution in [2.75, 3.05) is 6.61 Å². The molecule has 0 N–H and O–H groups in total. The maximum atomic E-state index is 13.5. The number of benzene rings is 4. The first-order valence-corrected chi connectivity index (χ1v) is 13.2. The highest BCUT2D eigenvalue weighted by atomic mass is 35.5. The molecular weight excluding hydrogens is 525 g/mol. The number of carbonyl (C=O) groups is 2. The molecule has 0 atom stereocenters. The molecule has 5 rings (SSSR count). The molecule has 2 amide bonds. The van der Waals surface area contributed by atoms with Gasteiger partial charge in [-0.25, -0.2) is 4.39 Å². The number of halogens is 2. The average Bonchev–Trinajstić information content (AvgIpc) is 3.16. The van der Waals surface area contributed by atoms with Crippen LogP contribution < -0.4 is 9.47 Å². The van der Waals surface area contributed by atoms with Crippen LogP contribution in [0.5, 0.6) is 11.5 Å². The van der Waals surface area contributed by atoms with E-state index in [2.05, 4.69) is 0 Å². The van der Waals surface area contributed by atoms with Gasteiger partial charge in [-0.15, -0.1) is 0 Å². The van der Waals surface area contributed by atoms with Crippen LogP contribution in [-0.4, -0.2) is 22.7 Å². The number of rotatable bonds is 8. The van der Waals surface area contributed by atoms with Gasteiger partial charge in [0.05, 0.1) is 23.1 Å². The van der Waals surface area contributed by atoms with Crippen molar-refractivity contribution in [3.63, 3.8) is 0 Å². The Morgan fingerprint density at radius 3 is 2.58 bits per heavy atom. The van der Waals surface area contributed by atoms with Crippen molar-refractivity contribution in [2.45, 2.75) is 20.1 Å². The fraction of sp³-hybridized carbons (Fsp3) is 0.133. The van der Waals surface area contributed by atoms with Gasteiger partial charge in [-0.05, 0) is 76.5 Å². The molecule has 5 nitrogen and oxygen atoms in total. The number of hydrogen-bond acceptors (Lipinski definition) is 5. The van der Waals surface area contributed by atoms with E-state index in [9.17, 15) is 14.0 Å². The number of fused-ring (bicyclic) bond motifs is 1. The number of amides is 2. The summed E-state index contributed by atoms with van der Waals surface area (Å²) in [5.41, 5.74) is 2.13. The summed E-state index contributed by atoms with van der Waals surface area (Å²) in [7, 11) is 0. The first-order chi connectivity index (χ1) is 18.4. The van der Waals surface area contributed by atoms with Crippen molar-refractivity contribution < 1.29 is 23.5 Å². The normalized spacial score (nSPS) is 14.5. The first-order valence-electron chi connectivity index (χ1n) is 12.0. The van der Waals surface area contributed by atoms with Crippen LogP contribution in [-0.2, 0) is 17.9 Å². The van der Waals surface area contributed by atoms with Gasteiger partial charge in [0.1, 0.15) is 12.4 Å². The summed E-state index contributed by atoms with van der Waals surface area (Å²) in [6, 6.07) is 23.2. The SMILES string of the molecule is CCOc1cc(/C=C2/SC(=O)N(Cc3cccc4ccccc34)C2=O)cc(Cl)c1OCc1cccc(F)c1. The van der Waals surface area contributed by atoms with Crippen molar-refractivity contribution in [1.29, 1.82) is 0 Å². The third-order valence-corrected chi connectivity index (χ3v) is 7.17. The molecule has 1 aliphatic rings. The van der Waals surface area contributed by atoms with Crippen molar-refractivity contribution >= 4 is 51.4 Å². The Hall–Kier alpha value is -3.81. The summed E-state index contributed by atoms with van der Waals surface area (Å²) in [6.07, 6.45) is 1.62. The van der Waals surface area contributed by atoms with Gasteiger partial charge in [-0.1, -0.05) is 66.2 Å². The van der Waals surface area contributed by atoms with E-state index in [4.69, 9.17) is 21.1 Å². The van der Waals surface area contributed by atoms with Crippen molar-refractivity contribution in [3.8, 4) is 11.5 Å². The van der Waals surface area contributed by atoms with E-state index in [1.54, 1.807) is 30.3 Å². The van der Waals surface area contributed by atoms with E-state index in [1.807, 2.05) is 49.4 Å². The Bertz CT molecular complexity index is 1570. The zero-order chi connectivity index (χ0) is 26.6. The maximum absolute atomic E-state index is 13.5. The molecule has 38 heavy (non-hydrogen) atoms. The summed E-state index contributed by atoms with van der Waals surface area (Å²) in [5.74, 6) is -0.0166.